The Morgan fingerprint density at radius 3 is 2.53 bits per heavy atom. The molecule has 6 saturated carbocycles. The molecule has 0 aromatic heterocycles. The Morgan fingerprint density at radius 1 is 1.08 bits per heavy atom. The van der Waals surface area contributed by atoms with E-state index in [1.54, 1.807) is 19.8 Å². The molecule has 0 amide bonds. The van der Waals surface area contributed by atoms with E-state index in [0.29, 0.717) is 43.4 Å². The number of hydrogen-bond acceptors (Lipinski definition) is 9. The van der Waals surface area contributed by atoms with Gasteiger partial charge in [0, 0.05) is 24.3 Å². The molecule has 2 N–H and O–H groups in total. The van der Waals surface area contributed by atoms with Crippen LogP contribution in [0.15, 0.2) is 0 Å². The summed E-state index contributed by atoms with van der Waals surface area (Å²) in [6.07, 6.45) is 10.7. The van der Waals surface area contributed by atoms with Gasteiger partial charge in [0.25, 0.3) is 0 Å². The van der Waals surface area contributed by atoms with E-state index in [2.05, 4.69) is 39.5 Å². The minimum absolute atomic E-state index is 0.0295. The van der Waals surface area contributed by atoms with E-state index < -0.39 is 23.2 Å². The molecule has 9 rings (SSSR count). The standard InChI is InChI=1S/C42H64NO8/c1-24-18-27(36(38(4,5)46)51-31(44)19-25-8-9-25)49-34-33(24)39(6)14-15-42-23-41(42)13-12-30(50-32-20-43(16-17-48-32)26-21-47-22-26)37(2,3)28(41)10-11-29(42)40(39,7)35(34)45/h24-26,28,30,32-33,35-36,45-46H,8-23H2,1-7H3/t24-,28+,30+,32+,33+,35+,36+,39-,40-,41-,42+/m1/s1. The van der Waals surface area contributed by atoms with Crippen LogP contribution in [0, 0.1) is 68.9 Å². The molecule has 51 heavy (non-hydrogen) atoms. The van der Waals surface area contributed by atoms with Crippen molar-refractivity contribution in [3.63, 3.8) is 0 Å². The summed E-state index contributed by atoms with van der Waals surface area (Å²) in [5.41, 5.74) is -1.39. The van der Waals surface area contributed by atoms with Crippen molar-refractivity contribution in [1.82, 2.24) is 4.90 Å². The Hall–Kier alpha value is -0.810. The Kier molecular flexibility index (Phi) is 8.33. The third-order valence-electron chi connectivity index (χ3n) is 16.8. The second-order valence-corrected chi connectivity index (χ2v) is 20.3. The van der Waals surface area contributed by atoms with Gasteiger partial charge in [-0.05, 0) is 123 Å². The van der Waals surface area contributed by atoms with E-state index in [-0.39, 0.29) is 51.9 Å². The van der Waals surface area contributed by atoms with Gasteiger partial charge < -0.3 is 33.9 Å². The predicted molar refractivity (Wildman–Crippen MR) is 189 cm³/mol. The first-order chi connectivity index (χ1) is 24.0. The SMILES string of the molecule is C[C@@H]1C[C]([C@H](OC(=O)CC2CC2)C(C)(C)O)O[C]2[C@H]1[C@@]1(C)CC[C@@]34C[C@@]35CC[C@H](O[C@H]3CN(C6COC6)CCO3)C(C)(C)[C@@H]5CC[C]4[C@]1(C)[C@H]2O. The maximum Gasteiger partial charge on any atom is 0.306 e. The molecule has 285 valence electrons. The van der Waals surface area contributed by atoms with Crippen LogP contribution in [-0.4, -0.2) is 90.2 Å². The molecule has 0 aromatic carbocycles. The molecule has 3 aliphatic heterocycles. The van der Waals surface area contributed by atoms with Crippen LogP contribution in [-0.2, 0) is 28.5 Å². The number of rotatable bonds is 8. The highest BCUT2D eigenvalue weighted by Crippen LogP contribution is 2.90. The van der Waals surface area contributed by atoms with Crippen molar-refractivity contribution >= 4 is 5.97 Å². The monoisotopic (exact) mass is 710 g/mol. The average molecular weight is 711 g/mol. The van der Waals surface area contributed by atoms with Gasteiger partial charge in [-0.2, -0.15) is 0 Å². The Labute approximate surface area is 306 Å². The third-order valence-corrected chi connectivity index (χ3v) is 16.8. The third kappa shape index (κ3) is 5.13. The van der Waals surface area contributed by atoms with Crippen LogP contribution in [0.2, 0.25) is 0 Å². The molecule has 6 aliphatic carbocycles. The minimum Gasteiger partial charge on any atom is -0.456 e. The van der Waals surface area contributed by atoms with Crippen molar-refractivity contribution in [2.75, 3.05) is 32.9 Å². The Bertz CT molecular complexity index is 1370. The molecular formula is C42H64NO8. The molecule has 3 saturated heterocycles. The van der Waals surface area contributed by atoms with Gasteiger partial charge in [0.05, 0.1) is 50.2 Å². The van der Waals surface area contributed by atoms with Crippen LogP contribution >= 0.6 is 0 Å². The van der Waals surface area contributed by atoms with Crippen LogP contribution < -0.4 is 0 Å². The summed E-state index contributed by atoms with van der Waals surface area (Å²) < 4.78 is 31.4. The molecule has 9 fully saturated rings. The fraction of sp³-hybridized carbons (Fsp3) is 0.905. The van der Waals surface area contributed by atoms with Gasteiger partial charge in [0.15, 0.2) is 12.4 Å². The topological polar surface area (TPSA) is 107 Å². The van der Waals surface area contributed by atoms with Gasteiger partial charge in [-0.1, -0.05) is 34.6 Å². The van der Waals surface area contributed by atoms with E-state index in [9.17, 15) is 15.0 Å². The number of fused-ring (bicyclic) bond motifs is 4. The zero-order valence-electron chi connectivity index (χ0n) is 32.3. The summed E-state index contributed by atoms with van der Waals surface area (Å²) in [6, 6.07) is 0.503. The van der Waals surface area contributed by atoms with Gasteiger partial charge in [-0.3, -0.25) is 9.69 Å². The van der Waals surface area contributed by atoms with Gasteiger partial charge in [0.2, 0.25) is 0 Å². The molecule has 3 radical (unpaired) electrons. The number of carbonyl (C=O) groups excluding carboxylic acids is 1. The average Bonchev–Trinajstić information content (AvgIpc) is 3.95. The number of morpholine rings is 1. The van der Waals surface area contributed by atoms with Crippen LogP contribution in [0.4, 0.5) is 0 Å². The van der Waals surface area contributed by atoms with Crippen LogP contribution in [0.1, 0.15) is 119 Å². The lowest BCUT2D eigenvalue weighted by atomic mass is 9.41. The number of nitrogens with zero attached hydrogens (tertiary/aromatic N) is 1. The molecular weight excluding hydrogens is 646 g/mol. The highest BCUT2D eigenvalue weighted by molar-refractivity contribution is 5.70. The van der Waals surface area contributed by atoms with Gasteiger partial charge in [-0.25, -0.2) is 0 Å². The van der Waals surface area contributed by atoms with E-state index in [1.165, 1.54) is 19.3 Å². The normalized spacial score (nSPS) is 48.0. The van der Waals surface area contributed by atoms with Crippen LogP contribution in [0.5, 0.6) is 0 Å². The number of ether oxygens (including phenoxy) is 5. The van der Waals surface area contributed by atoms with Crippen molar-refractivity contribution in [3.8, 4) is 0 Å². The highest BCUT2D eigenvalue weighted by Gasteiger charge is 2.85. The smallest absolute Gasteiger partial charge is 0.306 e. The fourth-order valence-electron chi connectivity index (χ4n) is 13.8. The summed E-state index contributed by atoms with van der Waals surface area (Å²) in [7, 11) is 0. The van der Waals surface area contributed by atoms with Gasteiger partial charge >= 0.3 is 5.97 Å². The van der Waals surface area contributed by atoms with Gasteiger partial charge in [0.1, 0.15) is 12.2 Å². The first kappa shape index (κ1) is 35.9. The van der Waals surface area contributed by atoms with E-state index in [0.717, 1.165) is 70.9 Å². The molecule has 3 heterocycles. The number of hydrogen-bond donors (Lipinski definition) is 2. The lowest BCUT2D eigenvalue weighted by molar-refractivity contribution is -0.252. The van der Waals surface area contributed by atoms with Crippen molar-refractivity contribution in [3.05, 3.63) is 18.1 Å². The zero-order valence-corrected chi connectivity index (χ0v) is 32.3. The first-order valence-electron chi connectivity index (χ1n) is 20.5. The largest absolute Gasteiger partial charge is 0.456 e. The molecule has 2 spiro atoms. The van der Waals surface area contributed by atoms with E-state index >= 15 is 0 Å². The summed E-state index contributed by atoms with van der Waals surface area (Å²) in [5.74, 6) is 2.60. The number of aliphatic hydroxyl groups excluding tert-OH is 1. The number of carbonyl (C=O) groups is 1. The second-order valence-electron chi connectivity index (χ2n) is 20.3. The number of esters is 1. The maximum absolute atomic E-state index is 12.9. The molecule has 9 aliphatic rings. The lowest BCUT2D eigenvalue weighted by Gasteiger charge is -2.63. The zero-order chi connectivity index (χ0) is 35.9. The fourth-order valence-corrected chi connectivity index (χ4v) is 13.8. The minimum atomic E-state index is -1.30. The quantitative estimate of drug-likeness (QED) is 0.293. The van der Waals surface area contributed by atoms with Crippen molar-refractivity contribution in [1.29, 1.82) is 0 Å². The molecule has 0 unspecified atom stereocenters. The molecule has 0 bridgehead atoms. The summed E-state index contributed by atoms with van der Waals surface area (Å²) in [5, 5.41) is 23.9. The predicted octanol–water partition coefficient (Wildman–Crippen LogP) is 6.01. The Morgan fingerprint density at radius 2 is 1.84 bits per heavy atom. The van der Waals surface area contributed by atoms with Gasteiger partial charge in [-0.15, -0.1) is 0 Å². The van der Waals surface area contributed by atoms with Crippen molar-refractivity contribution in [2.24, 2.45) is 50.7 Å². The van der Waals surface area contributed by atoms with Crippen LogP contribution in [0.3, 0.4) is 0 Å². The van der Waals surface area contributed by atoms with Crippen LogP contribution in [0.25, 0.3) is 0 Å². The summed E-state index contributed by atoms with van der Waals surface area (Å²) in [4.78, 5) is 15.4. The lowest BCUT2D eigenvalue weighted by Crippen LogP contribution is -2.60. The Balaban J connectivity index is 0.938. The molecule has 9 heteroatoms. The first-order valence-corrected chi connectivity index (χ1v) is 20.5. The van der Waals surface area contributed by atoms with Crippen molar-refractivity contribution < 1.29 is 38.7 Å². The number of aliphatic hydroxyl groups is 2. The van der Waals surface area contributed by atoms with Crippen molar-refractivity contribution in [2.45, 2.75) is 155 Å². The maximum atomic E-state index is 12.9. The summed E-state index contributed by atoms with van der Waals surface area (Å²) in [6.45, 7) is 19.5. The molecule has 9 nitrogen and oxygen atoms in total. The second kappa shape index (κ2) is 11.8. The van der Waals surface area contributed by atoms with E-state index in [4.69, 9.17) is 23.7 Å². The summed E-state index contributed by atoms with van der Waals surface area (Å²) >= 11 is 0. The highest BCUT2D eigenvalue weighted by atomic mass is 16.7. The molecule has 0 aromatic rings. The van der Waals surface area contributed by atoms with E-state index in [1.807, 2.05) is 0 Å². The molecule has 11 atom stereocenters.